The van der Waals surface area contributed by atoms with Crippen LogP contribution in [-0.2, 0) is 4.79 Å². The Morgan fingerprint density at radius 2 is 1.67 bits per heavy atom. The highest BCUT2D eigenvalue weighted by molar-refractivity contribution is 5.78. The highest BCUT2D eigenvalue weighted by Gasteiger charge is 2.27. The Balaban J connectivity index is 1.28. The van der Waals surface area contributed by atoms with Gasteiger partial charge in [0.2, 0.25) is 5.91 Å². The van der Waals surface area contributed by atoms with Crippen molar-refractivity contribution in [3.05, 3.63) is 36.4 Å². The molecule has 2 fully saturated rings. The van der Waals surface area contributed by atoms with E-state index in [9.17, 15) is 4.79 Å². The van der Waals surface area contributed by atoms with Gasteiger partial charge in [0.15, 0.2) is 5.82 Å². The van der Waals surface area contributed by atoms with E-state index in [0.29, 0.717) is 0 Å². The summed E-state index contributed by atoms with van der Waals surface area (Å²) in [5, 5.41) is 10.9. The third-order valence-electron chi connectivity index (χ3n) is 6.00. The molecule has 0 radical (unpaired) electrons. The zero-order valence-corrected chi connectivity index (χ0v) is 17.8. The van der Waals surface area contributed by atoms with Gasteiger partial charge in [0.25, 0.3) is 0 Å². The number of methoxy groups -OCH3 is 1. The molecule has 8 heteroatoms. The van der Waals surface area contributed by atoms with E-state index in [1.54, 1.807) is 7.11 Å². The van der Waals surface area contributed by atoms with Crippen molar-refractivity contribution in [1.82, 2.24) is 25.5 Å². The summed E-state index contributed by atoms with van der Waals surface area (Å²) in [4.78, 5) is 17.1. The van der Waals surface area contributed by atoms with Gasteiger partial charge in [-0.25, -0.2) is 5.01 Å². The molecule has 30 heavy (non-hydrogen) atoms. The lowest BCUT2D eigenvalue weighted by Crippen LogP contribution is -2.54. The van der Waals surface area contributed by atoms with Crippen molar-refractivity contribution >= 4 is 11.7 Å². The molecule has 2 aliphatic rings. The summed E-state index contributed by atoms with van der Waals surface area (Å²) < 4.78 is 5.20. The van der Waals surface area contributed by atoms with Gasteiger partial charge >= 0.3 is 0 Å². The van der Waals surface area contributed by atoms with Gasteiger partial charge in [-0.3, -0.25) is 10.2 Å². The molecule has 0 atom stereocenters. The number of likely N-dealkylation sites (N-methyl/N-ethyl adjacent to an activating group) is 1. The number of nitrogens with zero attached hydrogens (tertiary/aromatic N) is 5. The molecule has 2 saturated heterocycles. The van der Waals surface area contributed by atoms with E-state index < -0.39 is 0 Å². The molecule has 1 N–H and O–H groups in total. The van der Waals surface area contributed by atoms with Gasteiger partial charge in [0.1, 0.15) is 5.75 Å². The van der Waals surface area contributed by atoms with E-state index in [2.05, 4.69) is 37.5 Å². The van der Waals surface area contributed by atoms with Crippen LogP contribution < -0.4 is 15.1 Å². The Kier molecular flexibility index (Phi) is 6.44. The quantitative estimate of drug-likeness (QED) is 0.803. The molecular formula is C22H30N6O2. The number of anilines is 1. The van der Waals surface area contributed by atoms with Crippen molar-refractivity contribution in [2.24, 2.45) is 5.92 Å². The average Bonchev–Trinajstić information content (AvgIpc) is 2.81. The van der Waals surface area contributed by atoms with Gasteiger partial charge in [0, 0.05) is 50.7 Å². The van der Waals surface area contributed by atoms with Crippen molar-refractivity contribution < 1.29 is 9.53 Å². The zero-order chi connectivity index (χ0) is 20.9. The number of piperidine rings is 1. The lowest BCUT2D eigenvalue weighted by Gasteiger charge is -2.35. The Labute approximate surface area is 177 Å². The van der Waals surface area contributed by atoms with Gasteiger partial charge < -0.3 is 14.5 Å². The van der Waals surface area contributed by atoms with Crippen molar-refractivity contribution in [1.29, 1.82) is 0 Å². The Hall–Kier alpha value is -2.71. The number of aromatic nitrogens is 2. The first kappa shape index (κ1) is 20.6. The summed E-state index contributed by atoms with van der Waals surface area (Å²) in [6, 6.07) is 11.8. The lowest BCUT2D eigenvalue weighted by atomic mass is 9.96. The first-order chi connectivity index (χ1) is 14.6. The van der Waals surface area contributed by atoms with Crippen molar-refractivity contribution in [2.75, 3.05) is 58.3 Å². The summed E-state index contributed by atoms with van der Waals surface area (Å²) in [5.74, 6) is 1.90. The van der Waals surface area contributed by atoms with Crippen LogP contribution in [0.5, 0.6) is 5.75 Å². The second-order valence-corrected chi connectivity index (χ2v) is 8.03. The lowest BCUT2D eigenvalue weighted by molar-refractivity contribution is -0.131. The summed E-state index contributed by atoms with van der Waals surface area (Å²) in [6.45, 7) is 5.39. The van der Waals surface area contributed by atoms with Crippen LogP contribution in [0.2, 0.25) is 0 Å². The minimum atomic E-state index is 0.0624. The number of hydrogen-bond acceptors (Lipinski definition) is 7. The topological polar surface area (TPSA) is 73.8 Å². The molecule has 0 aliphatic carbocycles. The van der Waals surface area contributed by atoms with Gasteiger partial charge in [0.05, 0.1) is 12.8 Å². The van der Waals surface area contributed by atoms with Gasteiger partial charge in [-0.05, 0) is 56.3 Å². The predicted molar refractivity (Wildman–Crippen MR) is 116 cm³/mol. The number of amides is 1. The molecule has 4 rings (SSSR count). The van der Waals surface area contributed by atoms with Crippen LogP contribution in [0.25, 0.3) is 11.3 Å². The summed E-state index contributed by atoms with van der Waals surface area (Å²) in [6.07, 6.45) is 1.67. The second kappa shape index (κ2) is 9.40. The molecule has 3 heterocycles. The fourth-order valence-corrected chi connectivity index (χ4v) is 3.95. The molecular weight excluding hydrogens is 380 g/mol. The van der Waals surface area contributed by atoms with Gasteiger partial charge in [-0.1, -0.05) is 0 Å². The number of rotatable bonds is 5. The monoisotopic (exact) mass is 410 g/mol. The number of nitrogens with one attached hydrogen (secondary N) is 1. The van der Waals surface area contributed by atoms with E-state index in [-0.39, 0.29) is 11.8 Å². The van der Waals surface area contributed by atoms with E-state index >= 15 is 0 Å². The third kappa shape index (κ3) is 4.88. The highest BCUT2D eigenvalue weighted by atomic mass is 16.5. The van der Waals surface area contributed by atoms with Crippen LogP contribution in [0.4, 0.5) is 5.82 Å². The Bertz CT molecular complexity index is 826. The van der Waals surface area contributed by atoms with Crippen LogP contribution in [-0.4, -0.2) is 79.4 Å². The summed E-state index contributed by atoms with van der Waals surface area (Å²) >= 11 is 0. The predicted octanol–water partition coefficient (Wildman–Crippen LogP) is 1.65. The summed E-state index contributed by atoms with van der Waals surface area (Å²) in [7, 11) is 3.77. The number of ether oxygens (including phenoxy) is 1. The molecule has 8 nitrogen and oxygen atoms in total. The molecule has 160 valence electrons. The highest BCUT2D eigenvalue weighted by Crippen LogP contribution is 2.24. The fraction of sp³-hybridized carbons (Fsp3) is 0.500. The van der Waals surface area contributed by atoms with Crippen LogP contribution >= 0.6 is 0 Å². The summed E-state index contributed by atoms with van der Waals surface area (Å²) in [5.41, 5.74) is 4.95. The first-order valence-electron chi connectivity index (χ1n) is 10.6. The molecule has 1 amide bonds. The van der Waals surface area contributed by atoms with Crippen molar-refractivity contribution in [2.45, 2.75) is 12.8 Å². The standard InChI is InChI=1S/C22H30N6O2/c1-26-13-15-28(16-14-26)25-22(29)18-9-11-27(12-10-18)21-8-7-20(23-24-21)17-3-5-19(30-2)6-4-17/h3-8,18H,9-16H2,1-2H3,(H,25,29). The van der Waals surface area contributed by atoms with Crippen molar-refractivity contribution in [3.8, 4) is 17.0 Å². The maximum absolute atomic E-state index is 12.6. The number of carbonyl (C=O) groups is 1. The number of hydrazine groups is 1. The number of carbonyl (C=O) groups excluding carboxylic acids is 1. The molecule has 0 saturated carbocycles. The molecule has 0 bridgehead atoms. The normalized spacial score (nSPS) is 18.9. The molecule has 1 aromatic heterocycles. The number of piperazine rings is 1. The zero-order valence-electron chi connectivity index (χ0n) is 17.8. The van der Waals surface area contributed by atoms with E-state index in [4.69, 9.17) is 4.74 Å². The second-order valence-electron chi connectivity index (χ2n) is 8.03. The van der Waals surface area contributed by atoms with Crippen LogP contribution in [0, 0.1) is 5.92 Å². The largest absolute Gasteiger partial charge is 0.497 e. The van der Waals surface area contributed by atoms with Crippen LogP contribution in [0.3, 0.4) is 0 Å². The minimum absolute atomic E-state index is 0.0624. The van der Waals surface area contributed by atoms with Crippen molar-refractivity contribution in [3.63, 3.8) is 0 Å². The Morgan fingerprint density at radius 1 is 0.967 bits per heavy atom. The molecule has 0 unspecified atom stereocenters. The van der Waals surface area contributed by atoms with E-state index in [1.165, 1.54) is 0 Å². The Morgan fingerprint density at radius 3 is 2.27 bits per heavy atom. The molecule has 0 spiro atoms. The van der Waals surface area contributed by atoms with Gasteiger partial charge in [-0.15, -0.1) is 10.2 Å². The van der Waals surface area contributed by atoms with E-state index in [1.807, 2.05) is 36.4 Å². The average molecular weight is 411 g/mol. The minimum Gasteiger partial charge on any atom is -0.497 e. The number of hydrogen-bond donors (Lipinski definition) is 1. The maximum atomic E-state index is 12.6. The van der Waals surface area contributed by atoms with Crippen LogP contribution in [0.15, 0.2) is 36.4 Å². The third-order valence-corrected chi connectivity index (χ3v) is 6.00. The fourth-order valence-electron chi connectivity index (χ4n) is 3.95. The van der Waals surface area contributed by atoms with Crippen LogP contribution in [0.1, 0.15) is 12.8 Å². The van der Waals surface area contributed by atoms with Gasteiger partial charge in [-0.2, -0.15) is 0 Å². The molecule has 2 aromatic rings. The maximum Gasteiger partial charge on any atom is 0.237 e. The number of benzene rings is 1. The first-order valence-corrected chi connectivity index (χ1v) is 10.6. The smallest absolute Gasteiger partial charge is 0.237 e. The molecule has 1 aromatic carbocycles. The molecule has 2 aliphatic heterocycles. The SMILES string of the molecule is COc1ccc(-c2ccc(N3CCC(C(=O)NN4CCN(C)CC4)CC3)nn2)cc1. The van der Waals surface area contributed by atoms with E-state index in [0.717, 1.165) is 74.9 Å².